The average molecular weight is 243 g/mol. The van der Waals surface area contributed by atoms with Crippen LogP contribution in [0.5, 0.6) is 0 Å². The van der Waals surface area contributed by atoms with Gasteiger partial charge >= 0.3 is 5.97 Å². The Morgan fingerprint density at radius 2 is 1.94 bits per heavy atom. The van der Waals surface area contributed by atoms with Crippen LogP contribution in [-0.4, -0.2) is 31.3 Å². The Balaban J connectivity index is 2.51. The van der Waals surface area contributed by atoms with E-state index in [2.05, 4.69) is 15.0 Å². The molecule has 0 aliphatic heterocycles. The predicted octanol–water partition coefficient (Wildman–Crippen LogP) is 0.132. The van der Waals surface area contributed by atoms with Gasteiger partial charge in [0.25, 0.3) is 0 Å². The van der Waals surface area contributed by atoms with Crippen molar-refractivity contribution in [2.75, 3.05) is 11.5 Å². The van der Waals surface area contributed by atoms with Gasteiger partial charge in [-0.05, 0) is 0 Å². The minimum absolute atomic E-state index is 0.0169. The second-order valence-corrected chi connectivity index (χ2v) is 4.61. The van der Waals surface area contributed by atoms with Crippen molar-refractivity contribution in [3.8, 4) is 0 Å². The third-order valence-electron chi connectivity index (χ3n) is 1.68. The predicted molar refractivity (Wildman–Crippen MR) is 61.7 cm³/mol. The van der Waals surface area contributed by atoms with Gasteiger partial charge in [-0.25, -0.2) is 0 Å². The van der Waals surface area contributed by atoms with Crippen LogP contribution in [0.2, 0.25) is 0 Å². The molecule has 16 heavy (non-hydrogen) atoms. The number of nitrogens with two attached hydrogens (primary N) is 2. The van der Waals surface area contributed by atoms with Crippen LogP contribution in [0.4, 0.5) is 11.9 Å². The number of hydrogen-bond acceptors (Lipinski definition) is 7. The van der Waals surface area contributed by atoms with Crippen LogP contribution in [0.1, 0.15) is 19.2 Å². The van der Waals surface area contributed by atoms with Gasteiger partial charge in [-0.3, -0.25) is 4.79 Å². The number of nitrogen functional groups attached to an aromatic ring is 2. The maximum atomic E-state index is 10.4. The fourth-order valence-electron chi connectivity index (χ4n) is 1.04. The van der Waals surface area contributed by atoms with E-state index in [9.17, 15) is 4.79 Å². The van der Waals surface area contributed by atoms with Crippen molar-refractivity contribution >= 4 is 29.6 Å². The summed E-state index contributed by atoms with van der Waals surface area (Å²) < 4.78 is 0. The molecule has 0 amide bonds. The van der Waals surface area contributed by atoms with Gasteiger partial charge in [0.05, 0.1) is 12.2 Å². The van der Waals surface area contributed by atoms with Gasteiger partial charge in [0.15, 0.2) is 0 Å². The van der Waals surface area contributed by atoms with E-state index in [1.54, 1.807) is 0 Å². The number of aliphatic carboxylic acids is 1. The summed E-state index contributed by atoms with van der Waals surface area (Å²) >= 11 is 1.43. The monoisotopic (exact) mass is 243 g/mol. The lowest BCUT2D eigenvalue weighted by atomic mass is 10.3. The van der Waals surface area contributed by atoms with Crippen LogP contribution in [-0.2, 0) is 10.5 Å². The van der Waals surface area contributed by atoms with E-state index in [0.29, 0.717) is 11.6 Å². The average Bonchev–Trinajstić information content (AvgIpc) is 2.12. The standard InChI is InChI=1S/C8H13N5O2S/c1-4(2-6(14)15)16-3-5-11-7(9)13-8(10)12-5/h4H,2-3H2,1H3,(H,14,15)(H4,9,10,11,12,13). The highest BCUT2D eigenvalue weighted by Crippen LogP contribution is 2.18. The normalized spacial score (nSPS) is 12.3. The van der Waals surface area contributed by atoms with Crippen LogP contribution in [0.3, 0.4) is 0 Å². The van der Waals surface area contributed by atoms with E-state index < -0.39 is 5.97 Å². The van der Waals surface area contributed by atoms with E-state index in [0.717, 1.165) is 0 Å². The van der Waals surface area contributed by atoms with Gasteiger partial charge in [0.1, 0.15) is 5.82 Å². The molecule has 0 saturated heterocycles. The Labute approximate surface area is 96.7 Å². The topological polar surface area (TPSA) is 128 Å². The molecule has 1 unspecified atom stereocenters. The Morgan fingerprint density at radius 1 is 1.38 bits per heavy atom. The molecular formula is C8H13N5O2S. The Morgan fingerprint density at radius 3 is 2.44 bits per heavy atom. The number of hydrogen-bond donors (Lipinski definition) is 3. The number of thioether (sulfide) groups is 1. The zero-order valence-corrected chi connectivity index (χ0v) is 9.57. The maximum Gasteiger partial charge on any atom is 0.304 e. The van der Waals surface area contributed by atoms with Crippen molar-refractivity contribution in [2.24, 2.45) is 0 Å². The molecule has 0 bridgehead atoms. The summed E-state index contributed by atoms with van der Waals surface area (Å²) in [6, 6.07) is 0. The number of anilines is 2. The van der Waals surface area contributed by atoms with Crippen molar-refractivity contribution in [2.45, 2.75) is 24.3 Å². The van der Waals surface area contributed by atoms with Crippen molar-refractivity contribution in [3.63, 3.8) is 0 Å². The largest absolute Gasteiger partial charge is 0.481 e. The van der Waals surface area contributed by atoms with E-state index in [1.165, 1.54) is 11.8 Å². The lowest BCUT2D eigenvalue weighted by Gasteiger charge is -2.07. The first-order chi connectivity index (χ1) is 7.47. The van der Waals surface area contributed by atoms with Gasteiger partial charge in [0, 0.05) is 5.25 Å². The Kier molecular flexibility index (Phi) is 4.29. The third-order valence-corrected chi connectivity index (χ3v) is 2.84. The molecule has 0 saturated carbocycles. The van der Waals surface area contributed by atoms with E-state index >= 15 is 0 Å². The lowest BCUT2D eigenvalue weighted by Crippen LogP contribution is -2.09. The quantitative estimate of drug-likeness (QED) is 0.665. The maximum absolute atomic E-state index is 10.4. The minimum atomic E-state index is -0.824. The van der Waals surface area contributed by atoms with Gasteiger partial charge in [0.2, 0.25) is 11.9 Å². The molecule has 0 aliphatic rings. The third kappa shape index (κ3) is 4.30. The summed E-state index contributed by atoms with van der Waals surface area (Å²) in [6.07, 6.45) is 0.0979. The first kappa shape index (κ1) is 12.5. The van der Waals surface area contributed by atoms with Gasteiger partial charge in [-0.15, -0.1) is 0 Å². The molecule has 1 aromatic rings. The van der Waals surface area contributed by atoms with E-state index in [-0.39, 0.29) is 23.6 Å². The molecule has 0 fully saturated rings. The van der Waals surface area contributed by atoms with Gasteiger partial charge in [-0.1, -0.05) is 6.92 Å². The highest BCUT2D eigenvalue weighted by Gasteiger charge is 2.10. The van der Waals surface area contributed by atoms with Gasteiger partial charge in [-0.2, -0.15) is 26.7 Å². The Hall–Kier alpha value is -1.57. The first-order valence-electron chi connectivity index (χ1n) is 4.56. The lowest BCUT2D eigenvalue weighted by molar-refractivity contribution is -0.136. The SMILES string of the molecule is CC(CC(=O)O)SCc1nc(N)nc(N)n1. The van der Waals surface area contributed by atoms with E-state index in [1.807, 2.05) is 6.92 Å². The van der Waals surface area contributed by atoms with Crippen molar-refractivity contribution < 1.29 is 9.90 Å². The molecule has 1 aromatic heterocycles. The fraction of sp³-hybridized carbons (Fsp3) is 0.500. The van der Waals surface area contributed by atoms with Crippen LogP contribution in [0, 0.1) is 0 Å². The van der Waals surface area contributed by atoms with Crippen molar-refractivity contribution in [3.05, 3.63) is 5.82 Å². The summed E-state index contributed by atoms with van der Waals surface area (Å²) in [5, 5.41) is 8.56. The Bertz CT molecular complexity index is 366. The summed E-state index contributed by atoms with van der Waals surface area (Å²) in [4.78, 5) is 21.9. The summed E-state index contributed by atoms with van der Waals surface area (Å²) in [7, 11) is 0. The highest BCUT2D eigenvalue weighted by molar-refractivity contribution is 7.99. The van der Waals surface area contributed by atoms with Crippen molar-refractivity contribution in [1.82, 2.24) is 15.0 Å². The molecule has 7 nitrogen and oxygen atoms in total. The highest BCUT2D eigenvalue weighted by atomic mass is 32.2. The molecule has 0 aliphatic carbocycles. The molecule has 5 N–H and O–H groups in total. The molecule has 88 valence electrons. The molecule has 8 heteroatoms. The molecular weight excluding hydrogens is 230 g/mol. The second-order valence-electron chi connectivity index (χ2n) is 3.19. The summed E-state index contributed by atoms with van der Waals surface area (Å²) in [5.74, 6) is 0.260. The number of carboxylic acids is 1. The number of aromatic nitrogens is 3. The first-order valence-corrected chi connectivity index (χ1v) is 5.61. The zero-order chi connectivity index (χ0) is 12.1. The molecule has 1 atom stereocenters. The number of nitrogens with zero attached hydrogens (tertiary/aromatic N) is 3. The zero-order valence-electron chi connectivity index (χ0n) is 8.75. The number of rotatable bonds is 5. The minimum Gasteiger partial charge on any atom is -0.481 e. The van der Waals surface area contributed by atoms with Gasteiger partial charge < -0.3 is 16.6 Å². The van der Waals surface area contributed by atoms with Crippen LogP contribution >= 0.6 is 11.8 Å². The van der Waals surface area contributed by atoms with Crippen molar-refractivity contribution in [1.29, 1.82) is 0 Å². The molecule has 0 spiro atoms. The second kappa shape index (κ2) is 5.50. The smallest absolute Gasteiger partial charge is 0.304 e. The number of carbonyl (C=O) groups is 1. The van der Waals surface area contributed by atoms with E-state index in [4.69, 9.17) is 16.6 Å². The summed E-state index contributed by atoms with van der Waals surface area (Å²) in [6.45, 7) is 1.83. The molecule has 0 aromatic carbocycles. The number of carboxylic acid groups (broad SMARTS) is 1. The molecule has 1 rings (SSSR count). The van der Waals surface area contributed by atoms with Crippen LogP contribution in [0.15, 0.2) is 0 Å². The fourth-order valence-corrected chi connectivity index (χ4v) is 1.87. The molecule has 0 radical (unpaired) electrons. The summed E-state index contributed by atoms with van der Waals surface area (Å²) in [5.41, 5.74) is 10.8. The van der Waals surface area contributed by atoms with Crippen LogP contribution in [0.25, 0.3) is 0 Å². The molecule has 1 heterocycles. The van der Waals surface area contributed by atoms with Crippen LogP contribution < -0.4 is 11.5 Å².